The number of carbonyl (C=O) groups is 1. The first-order valence-electron chi connectivity index (χ1n) is 10.1. The quantitative estimate of drug-likeness (QED) is 0.797. The zero-order valence-corrected chi connectivity index (χ0v) is 16.5. The van der Waals surface area contributed by atoms with Crippen molar-refractivity contribution in [3.8, 4) is 0 Å². The maximum atomic E-state index is 13.7. The molecule has 4 unspecified atom stereocenters. The van der Waals surface area contributed by atoms with E-state index in [2.05, 4.69) is 10.4 Å². The van der Waals surface area contributed by atoms with Gasteiger partial charge >= 0.3 is 6.18 Å². The number of hydrogen-bond donors (Lipinski definition) is 2. The van der Waals surface area contributed by atoms with Crippen LogP contribution in [0, 0.1) is 17.8 Å². The van der Waals surface area contributed by atoms with Crippen molar-refractivity contribution in [1.82, 2.24) is 15.1 Å². The summed E-state index contributed by atoms with van der Waals surface area (Å²) in [5.74, 6) is 0.317. The van der Waals surface area contributed by atoms with Gasteiger partial charge in [-0.1, -0.05) is 0 Å². The van der Waals surface area contributed by atoms with Crippen LogP contribution in [0.3, 0.4) is 0 Å². The summed E-state index contributed by atoms with van der Waals surface area (Å²) in [6.07, 6.45) is 1.09. The van der Waals surface area contributed by atoms with E-state index in [1.165, 1.54) is 0 Å². The zero-order valence-electron chi connectivity index (χ0n) is 16.5. The van der Waals surface area contributed by atoms with Crippen molar-refractivity contribution in [2.24, 2.45) is 17.8 Å². The van der Waals surface area contributed by atoms with Crippen LogP contribution in [-0.4, -0.2) is 32.4 Å². The molecular formula is C20H28F3N3O2. The lowest BCUT2D eigenvalue weighted by atomic mass is 9.76. The van der Waals surface area contributed by atoms with E-state index in [9.17, 15) is 23.1 Å². The molecule has 0 radical (unpaired) electrons. The number of halogens is 3. The van der Waals surface area contributed by atoms with Gasteiger partial charge in [-0.2, -0.15) is 18.3 Å². The Bertz CT molecular complexity index is 783. The SMILES string of the molecule is CC(C)(C)n1ncc(C(=O)N[C@H]2CCC3(O)CC4CC(C3)C2C4)c1C(F)(F)F. The number of nitrogens with one attached hydrogen (secondary N) is 1. The number of aromatic nitrogens is 2. The molecule has 2 N–H and O–H groups in total. The number of rotatable bonds is 2. The smallest absolute Gasteiger partial charge is 0.390 e. The Labute approximate surface area is 162 Å². The number of amides is 1. The van der Waals surface area contributed by atoms with Crippen LogP contribution in [0.15, 0.2) is 6.20 Å². The molecule has 5 atom stereocenters. The van der Waals surface area contributed by atoms with Gasteiger partial charge in [0.2, 0.25) is 0 Å². The molecule has 0 saturated heterocycles. The molecule has 0 spiro atoms. The molecule has 28 heavy (non-hydrogen) atoms. The minimum absolute atomic E-state index is 0.198. The molecule has 1 aromatic heterocycles. The summed E-state index contributed by atoms with van der Waals surface area (Å²) in [6, 6.07) is -0.198. The Hall–Kier alpha value is -1.57. The highest BCUT2D eigenvalue weighted by atomic mass is 19.4. The molecule has 0 aliphatic heterocycles. The summed E-state index contributed by atoms with van der Waals surface area (Å²) < 4.78 is 42.1. The molecule has 4 rings (SSSR count). The minimum atomic E-state index is -4.67. The maximum Gasteiger partial charge on any atom is 0.433 e. The first kappa shape index (κ1) is 19.7. The monoisotopic (exact) mass is 399 g/mol. The van der Waals surface area contributed by atoms with Crippen molar-refractivity contribution in [3.05, 3.63) is 17.5 Å². The van der Waals surface area contributed by atoms with E-state index in [1.54, 1.807) is 20.8 Å². The standard InChI is InChI=1S/C20H28F3N3O2/c1-18(2,3)26-16(20(21,22)23)14(10-24-26)17(27)25-15-4-5-19(28)8-11-6-12(9-19)13(15)7-11/h10-13,15,28H,4-9H2,1-3H3,(H,25,27)/t11?,12?,13?,15-,19?/m0/s1. The van der Waals surface area contributed by atoms with Crippen molar-refractivity contribution in [1.29, 1.82) is 0 Å². The Morgan fingerprint density at radius 1 is 1.29 bits per heavy atom. The fourth-order valence-corrected chi connectivity index (χ4v) is 5.84. The topological polar surface area (TPSA) is 67.2 Å². The third kappa shape index (κ3) is 3.33. The molecule has 3 aliphatic rings. The molecule has 1 aromatic rings. The van der Waals surface area contributed by atoms with Crippen molar-refractivity contribution < 1.29 is 23.1 Å². The average Bonchev–Trinajstić information content (AvgIpc) is 3.10. The Balaban J connectivity index is 1.60. The van der Waals surface area contributed by atoms with E-state index in [0.717, 1.165) is 36.6 Å². The summed E-state index contributed by atoms with van der Waals surface area (Å²) in [5, 5.41) is 17.6. The number of alkyl halides is 3. The number of nitrogens with zero attached hydrogens (tertiary/aromatic N) is 2. The summed E-state index contributed by atoms with van der Waals surface area (Å²) in [4.78, 5) is 12.9. The number of carbonyl (C=O) groups excluding carboxylic acids is 1. The van der Waals surface area contributed by atoms with Gasteiger partial charge in [-0.3, -0.25) is 9.48 Å². The van der Waals surface area contributed by atoms with Crippen LogP contribution in [0.2, 0.25) is 0 Å². The average molecular weight is 399 g/mol. The second-order valence-electron chi connectivity index (χ2n) is 10.00. The number of aliphatic hydroxyl groups is 1. The van der Waals surface area contributed by atoms with Crippen LogP contribution in [0.1, 0.15) is 75.3 Å². The Morgan fingerprint density at radius 3 is 2.64 bits per heavy atom. The highest BCUT2D eigenvalue weighted by Gasteiger charge is 2.52. The lowest BCUT2D eigenvalue weighted by Crippen LogP contribution is -2.42. The Kier molecular flexibility index (Phi) is 4.38. The molecule has 3 aliphatic carbocycles. The van der Waals surface area contributed by atoms with E-state index in [1.807, 2.05) is 0 Å². The second-order valence-corrected chi connectivity index (χ2v) is 10.00. The molecule has 1 heterocycles. The summed E-state index contributed by atoms with van der Waals surface area (Å²) in [7, 11) is 0. The van der Waals surface area contributed by atoms with E-state index in [-0.39, 0.29) is 12.0 Å². The van der Waals surface area contributed by atoms with Gasteiger partial charge in [0.05, 0.1) is 22.9 Å². The third-order valence-corrected chi connectivity index (χ3v) is 6.83. The molecule has 3 bridgehead atoms. The highest BCUT2D eigenvalue weighted by Crippen LogP contribution is 2.55. The fourth-order valence-electron chi connectivity index (χ4n) is 5.84. The van der Waals surface area contributed by atoms with Crippen LogP contribution in [0.25, 0.3) is 0 Å². The third-order valence-electron chi connectivity index (χ3n) is 6.83. The molecule has 156 valence electrons. The summed E-state index contributed by atoms with van der Waals surface area (Å²) in [5.41, 5.74) is -3.00. The fraction of sp³-hybridized carbons (Fsp3) is 0.800. The van der Waals surface area contributed by atoms with Crippen LogP contribution < -0.4 is 5.32 Å². The molecular weight excluding hydrogens is 371 g/mol. The van der Waals surface area contributed by atoms with Crippen LogP contribution in [0.4, 0.5) is 13.2 Å². The molecule has 0 aromatic carbocycles. The molecule has 3 fully saturated rings. The van der Waals surface area contributed by atoms with Gasteiger partial charge in [0.1, 0.15) is 0 Å². The molecule has 3 saturated carbocycles. The first-order valence-corrected chi connectivity index (χ1v) is 10.1. The number of hydrogen-bond acceptors (Lipinski definition) is 3. The summed E-state index contributed by atoms with van der Waals surface area (Å²) in [6.45, 7) is 4.87. The van der Waals surface area contributed by atoms with Crippen molar-refractivity contribution in [2.75, 3.05) is 0 Å². The van der Waals surface area contributed by atoms with Crippen LogP contribution >= 0.6 is 0 Å². The predicted molar refractivity (Wildman–Crippen MR) is 96.6 cm³/mol. The maximum absolute atomic E-state index is 13.7. The van der Waals surface area contributed by atoms with Crippen molar-refractivity contribution in [2.45, 2.75) is 82.7 Å². The minimum Gasteiger partial charge on any atom is -0.390 e. The van der Waals surface area contributed by atoms with Crippen LogP contribution in [0.5, 0.6) is 0 Å². The van der Waals surface area contributed by atoms with E-state index < -0.39 is 34.5 Å². The second kappa shape index (κ2) is 6.21. The summed E-state index contributed by atoms with van der Waals surface area (Å²) >= 11 is 0. The molecule has 8 heteroatoms. The van der Waals surface area contributed by atoms with Crippen LogP contribution in [-0.2, 0) is 11.7 Å². The predicted octanol–water partition coefficient (Wildman–Crippen LogP) is 3.72. The van der Waals surface area contributed by atoms with Gasteiger partial charge in [0.25, 0.3) is 5.91 Å². The molecule has 1 amide bonds. The highest BCUT2D eigenvalue weighted by molar-refractivity contribution is 5.95. The van der Waals surface area contributed by atoms with Gasteiger partial charge in [-0.15, -0.1) is 0 Å². The lowest BCUT2D eigenvalue weighted by molar-refractivity contribution is -0.146. The van der Waals surface area contributed by atoms with Gasteiger partial charge in [0.15, 0.2) is 5.69 Å². The van der Waals surface area contributed by atoms with E-state index >= 15 is 0 Å². The van der Waals surface area contributed by atoms with E-state index in [4.69, 9.17) is 0 Å². The van der Waals surface area contributed by atoms with Gasteiger partial charge < -0.3 is 10.4 Å². The normalized spacial score (nSPS) is 35.1. The Morgan fingerprint density at radius 2 is 2.00 bits per heavy atom. The van der Waals surface area contributed by atoms with Gasteiger partial charge in [-0.25, -0.2) is 0 Å². The first-order chi connectivity index (χ1) is 12.9. The number of fused-ring (bicyclic) bond motifs is 2. The molecule has 5 nitrogen and oxygen atoms in total. The van der Waals surface area contributed by atoms with Gasteiger partial charge in [0, 0.05) is 6.04 Å². The van der Waals surface area contributed by atoms with Crippen molar-refractivity contribution in [3.63, 3.8) is 0 Å². The van der Waals surface area contributed by atoms with Gasteiger partial charge in [-0.05, 0) is 77.0 Å². The van der Waals surface area contributed by atoms with E-state index in [0.29, 0.717) is 24.7 Å². The van der Waals surface area contributed by atoms with Crippen molar-refractivity contribution >= 4 is 5.91 Å². The largest absolute Gasteiger partial charge is 0.433 e. The lowest BCUT2D eigenvalue weighted by Gasteiger charge is -2.35. The zero-order chi connectivity index (χ0) is 20.5.